The first-order valence-corrected chi connectivity index (χ1v) is 13.4. The number of carbonyl (C=O) groups is 1. The van der Waals surface area contributed by atoms with Crippen molar-refractivity contribution in [3.05, 3.63) is 108 Å². The van der Waals surface area contributed by atoms with E-state index in [2.05, 4.69) is 94.1 Å². The Morgan fingerprint density at radius 3 is 2.42 bits per heavy atom. The highest BCUT2D eigenvalue weighted by Crippen LogP contribution is 2.31. The van der Waals surface area contributed by atoms with Crippen LogP contribution >= 0.6 is 0 Å². The number of aryl methyl sites for hydroxylation is 1. The van der Waals surface area contributed by atoms with E-state index in [1.54, 1.807) is 0 Å². The highest BCUT2D eigenvalue weighted by Gasteiger charge is 2.27. The predicted molar refractivity (Wildman–Crippen MR) is 156 cm³/mol. The van der Waals surface area contributed by atoms with Gasteiger partial charge in [0.25, 0.3) is 0 Å². The maximum absolute atomic E-state index is 13.6. The SMILES string of the molecule is Cc1cccn2c(C(CC(=O)N3CCN(C/C=C/c4ccccc4)CC3)c3ccc(N(C)C)cc3)cnc12. The fraction of sp³-hybridized carbons (Fsp3) is 0.312. The third kappa shape index (κ3) is 5.81. The molecule has 38 heavy (non-hydrogen) atoms. The van der Waals surface area contributed by atoms with Crippen molar-refractivity contribution in [1.82, 2.24) is 19.2 Å². The number of pyridine rings is 1. The van der Waals surface area contributed by atoms with Crippen molar-refractivity contribution in [2.24, 2.45) is 0 Å². The zero-order chi connectivity index (χ0) is 26.5. The minimum atomic E-state index is -0.0673. The molecule has 1 atom stereocenters. The number of anilines is 1. The summed E-state index contributed by atoms with van der Waals surface area (Å²) in [5.74, 6) is 0.135. The number of carbonyl (C=O) groups excluding carboxylic acids is 1. The standard InChI is InChI=1S/C32H37N5O/c1-25-9-7-18-37-30(24-33-32(25)37)29(27-13-15-28(16-14-27)34(2)3)23-31(38)36-21-19-35(20-22-36)17-8-12-26-10-5-4-6-11-26/h4-16,18,24,29H,17,19-23H2,1-3H3/b12-8+. The molecule has 0 spiro atoms. The van der Waals surface area contributed by atoms with Crippen LogP contribution in [0.2, 0.25) is 0 Å². The molecule has 1 amide bonds. The molecule has 0 bridgehead atoms. The summed E-state index contributed by atoms with van der Waals surface area (Å²) in [7, 11) is 4.08. The molecule has 6 nitrogen and oxygen atoms in total. The molecule has 0 radical (unpaired) electrons. The molecule has 196 valence electrons. The number of hydrogen-bond acceptors (Lipinski definition) is 4. The Hall–Kier alpha value is -3.90. The van der Waals surface area contributed by atoms with Gasteiger partial charge in [0.1, 0.15) is 5.65 Å². The molecule has 1 unspecified atom stereocenters. The van der Waals surface area contributed by atoms with Gasteiger partial charge >= 0.3 is 0 Å². The van der Waals surface area contributed by atoms with Gasteiger partial charge in [-0.3, -0.25) is 9.69 Å². The number of benzene rings is 2. The third-order valence-corrected chi connectivity index (χ3v) is 7.51. The summed E-state index contributed by atoms with van der Waals surface area (Å²) >= 11 is 0. The first-order chi connectivity index (χ1) is 18.5. The molecule has 0 saturated carbocycles. The Kier molecular flexibility index (Phi) is 7.89. The fourth-order valence-corrected chi connectivity index (χ4v) is 5.21. The summed E-state index contributed by atoms with van der Waals surface area (Å²) in [5, 5.41) is 0. The van der Waals surface area contributed by atoms with Crippen LogP contribution in [-0.4, -0.2) is 71.9 Å². The first kappa shape index (κ1) is 25.7. The number of amides is 1. The van der Waals surface area contributed by atoms with Crippen LogP contribution in [0, 0.1) is 6.92 Å². The number of fused-ring (bicyclic) bond motifs is 1. The molecular weight excluding hydrogens is 470 g/mol. The molecule has 1 aliphatic heterocycles. The highest BCUT2D eigenvalue weighted by molar-refractivity contribution is 5.78. The van der Waals surface area contributed by atoms with Crippen LogP contribution in [0.5, 0.6) is 0 Å². The number of nitrogens with zero attached hydrogens (tertiary/aromatic N) is 5. The Morgan fingerprint density at radius 1 is 0.974 bits per heavy atom. The molecule has 1 fully saturated rings. The lowest BCUT2D eigenvalue weighted by molar-refractivity contribution is -0.133. The Labute approximate surface area is 225 Å². The minimum absolute atomic E-state index is 0.0673. The zero-order valence-electron chi connectivity index (χ0n) is 22.6. The Balaban J connectivity index is 1.29. The molecule has 0 aliphatic carbocycles. The molecule has 2 aromatic carbocycles. The van der Waals surface area contributed by atoms with Crippen LogP contribution in [0.25, 0.3) is 11.7 Å². The van der Waals surface area contributed by atoms with Crippen molar-refractivity contribution in [2.75, 3.05) is 51.7 Å². The normalized spacial score (nSPS) is 15.3. The van der Waals surface area contributed by atoms with Gasteiger partial charge in [0, 0.05) is 77.2 Å². The van der Waals surface area contributed by atoms with E-state index >= 15 is 0 Å². The lowest BCUT2D eigenvalue weighted by Crippen LogP contribution is -2.48. The average molecular weight is 508 g/mol. The minimum Gasteiger partial charge on any atom is -0.378 e. The summed E-state index contributed by atoms with van der Waals surface area (Å²) in [6.07, 6.45) is 8.81. The zero-order valence-corrected chi connectivity index (χ0v) is 22.6. The van der Waals surface area contributed by atoms with Crippen LogP contribution in [0.4, 0.5) is 5.69 Å². The van der Waals surface area contributed by atoms with Crippen LogP contribution in [-0.2, 0) is 4.79 Å². The van der Waals surface area contributed by atoms with E-state index in [1.165, 1.54) is 5.56 Å². The van der Waals surface area contributed by atoms with Crippen molar-refractivity contribution < 1.29 is 4.79 Å². The van der Waals surface area contributed by atoms with E-state index in [4.69, 9.17) is 4.98 Å². The van der Waals surface area contributed by atoms with E-state index in [-0.39, 0.29) is 11.8 Å². The molecule has 1 saturated heterocycles. The summed E-state index contributed by atoms with van der Waals surface area (Å²) in [5.41, 5.74) is 6.63. The Bertz CT molecular complexity index is 1380. The monoisotopic (exact) mass is 507 g/mol. The lowest BCUT2D eigenvalue weighted by atomic mass is 9.91. The quantitative estimate of drug-likeness (QED) is 0.333. The van der Waals surface area contributed by atoms with Gasteiger partial charge in [0.15, 0.2) is 0 Å². The first-order valence-electron chi connectivity index (χ1n) is 13.4. The van der Waals surface area contributed by atoms with E-state index in [1.807, 2.05) is 37.3 Å². The fourth-order valence-electron chi connectivity index (χ4n) is 5.21. The summed E-state index contributed by atoms with van der Waals surface area (Å²) in [6.45, 7) is 6.28. The van der Waals surface area contributed by atoms with E-state index in [0.29, 0.717) is 6.42 Å². The average Bonchev–Trinajstić information content (AvgIpc) is 3.38. The smallest absolute Gasteiger partial charge is 0.223 e. The van der Waals surface area contributed by atoms with Crippen molar-refractivity contribution >= 4 is 23.3 Å². The van der Waals surface area contributed by atoms with Crippen molar-refractivity contribution in [3.8, 4) is 0 Å². The summed E-state index contributed by atoms with van der Waals surface area (Å²) < 4.78 is 2.14. The van der Waals surface area contributed by atoms with E-state index < -0.39 is 0 Å². The molecule has 5 rings (SSSR count). The molecular formula is C32H37N5O. The summed E-state index contributed by atoms with van der Waals surface area (Å²) in [4.78, 5) is 24.9. The van der Waals surface area contributed by atoms with Gasteiger partial charge in [-0.1, -0.05) is 60.7 Å². The molecule has 1 aliphatic rings. The second-order valence-electron chi connectivity index (χ2n) is 10.3. The maximum atomic E-state index is 13.6. The van der Waals surface area contributed by atoms with Crippen LogP contribution < -0.4 is 4.90 Å². The summed E-state index contributed by atoms with van der Waals surface area (Å²) in [6, 6.07) is 23.1. The van der Waals surface area contributed by atoms with Gasteiger partial charge in [0.2, 0.25) is 5.91 Å². The van der Waals surface area contributed by atoms with Gasteiger partial charge in [-0.25, -0.2) is 4.98 Å². The molecule has 4 aromatic rings. The van der Waals surface area contributed by atoms with Gasteiger partial charge in [-0.15, -0.1) is 0 Å². The third-order valence-electron chi connectivity index (χ3n) is 7.51. The van der Waals surface area contributed by atoms with Crippen molar-refractivity contribution in [1.29, 1.82) is 0 Å². The number of aromatic nitrogens is 2. The van der Waals surface area contributed by atoms with Gasteiger partial charge in [-0.2, -0.15) is 0 Å². The van der Waals surface area contributed by atoms with Crippen LogP contribution in [0.15, 0.2) is 85.2 Å². The predicted octanol–water partition coefficient (Wildman–Crippen LogP) is 5.09. The largest absolute Gasteiger partial charge is 0.378 e. The molecule has 0 N–H and O–H groups in total. The van der Waals surface area contributed by atoms with Crippen LogP contribution in [0.1, 0.15) is 34.7 Å². The van der Waals surface area contributed by atoms with Gasteiger partial charge in [0.05, 0.1) is 5.69 Å². The number of imidazole rings is 1. The highest BCUT2D eigenvalue weighted by atomic mass is 16.2. The Morgan fingerprint density at radius 2 is 1.71 bits per heavy atom. The molecule has 3 heterocycles. The second-order valence-corrected chi connectivity index (χ2v) is 10.3. The van der Waals surface area contributed by atoms with Crippen molar-refractivity contribution in [3.63, 3.8) is 0 Å². The van der Waals surface area contributed by atoms with Crippen molar-refractivity contribution in [2.45, 2.75) is 19.3 Å². The lowest BCUT2D eigenvalue weighted by Gasteiger charge is -2.35. The van der Waals surface area contributed by atoms with Gasteiger partial charge < -0.3 is 14.2 Å². The number of piperazine rings is 1. The van der Waals surface area contributed by atoms with Gasteiger partial charge in [-0.05, 0) is 41.8 Å². The number of rotatable bonds is 8. The van der Waals surface area contributed by atoms with E-state index in [9.17, 15) is 4.79 Å². The van der Waals surface area contributed by atoms with E-state index in [0.717, 1.165) is 60.9 Å². The molecule has 2 aromatic heterocycles. The van der Waals surface area contributed by atoms with Crippen LogP contribution in [0.3, 0.4) is 0 Å². The topological polar surface area (TPSA) is 44.1 Å². The second kappa shape index (κ2) is 11.7. The maximum Gasteiger partial charge on any atom is 0.223 e. The number of hydrogen-bond donors (Lipinski definition) is 0. The molecule has 6 heteroatoms.